The normalized spacial score (nSPS) is 10.2. The van der Waals surface area contributed by atoms with Crippen LogP contribution in [0, 0.1) is 0 Å². The van der Waals surface area contributed by atoms with E-state index < -0.39 is 18.0 Å². The summed E-state index contributed by atoms with van der Waals surface area (Å²) in [7, 11) is 2.89. The molecule has 0 aliphatic carbocycles. The Bertz CT molecular complexity index is 498. The molecule has 0 spiro atoms. The molecule has 0 heterocycles. The zero-order valence-electron chi connectivity index (χ0n) is 11.3. The molecule has 0 aromatic heterocycles. The predicted molar refractivity (Wildman–Crippen MR) is 70.3 cm³/mol. The van der Waals surface area contributed by atoms with Crippen LogP contribution in [0.4, 0.5) is 4.79 Å². The molecule has 0 bridgehead atoms. The first kappa shape index (κ1) is 15.6. The van der Waals surface area contributed by atoms with Gasteiger partial charge < -0.3 is 9.84 Å². The third-order valence-corrected chi connectivity index (χ3v) is 2.49. The molecule has 2 amide bonds. The zero-order valence-corrected chi connectivity index (χ0v) is 11.3. The number of aromatic carboxylic acids is 1. The molecule has 0 atom stereocenters. The number of nitrogens with zero attached hydrogens (tertiary/aromatic N) is 1. The van der Waals surface area contributed by atoms with E-state index in [1.807, 2.05) is 0 Å². The molecule has 7 heteroatoms. The van der Waals surface area contributed by atoms with Gasteiger partial charge in [-0.15, -0.1) is 0 Å². The fourth-order valence-corrected chi connectivity index (χ4v) is 1.57. The van der Waals surface area contributed by atoms with Crippen LogP contribution in [0.15, 0.2) is 24.3 Å². The number of methoxy groups -OCH3 is 1. The molecule has 7 nitrogen and oxygen atoms in total. The molecule has 0 aliphatic heterocycles. The van der Waals surface area contributed by atoms with Crippen molar-refractivity contribution in [2.45, 2.75) is 6.54 Å². The molecule has 0 fully saturated rings. The Kier molecular flexibility index (Phi) is 5.67. The number of carbonyl (C=O) groups is 3. The smallest absolute Gasteiger partial charge is 0.413 e. The number of hydrogen-bond donors (Lipinski definition) is 2. The lowest BCUT2D eigenvalue weighted by Gasteiger charge is -2.15. The molecule has 108 valence electrons. The van der Waals surface area contributed by atoms with Gasteiger partial charge in [-0.2, -0.15) is 0 Å². The first-order valence-corrected chi connectivity index (χ1v) is 5.81. The van der Waals surface area contributed by atoms with Crippen LogP contribution in [0.3, 0.4) is 0 Å². The summed E-state index contributed by atoms with van der Waals surface area (Å²) in [5.41, 5.74) is 1.07. The molecule has 0 unspecified atom stereocenters. The first-order chi connectivity index (χ1) is 9.42. The van der Waals surface area contributed by atoms with Crippen LogP contribution < -0.4 is 5.32 Å². The minimum Gasteiger partial charge on any atom is -0.478 e. The van der Waals surface area contributed by atoms with Gasteiger partial charge in [0.2, 0.25) is 5.91 Å². The highest BCUT2D eigenvalue weighted by molar-refractivity contribution is 5.92. The second kappa shape index (κ2) is 7.25. The van der Waals surface area contributed by atoms with Crippen molar-refractivity contribution < 1.29 is 24.2 Å². The van der Waals surface area contributed by atoms with E-state index in [0.717, 1.165) is 5.56 Å². The van der Waals surface area contributed by atoms with Gasteiger partial charge in [-0.05, 0) is 24.7 Å². The highest BCUT2D eigenvalue weighted by Gasteiger charge is 2.11. The van der Waals surface area contributed by atoms with Gasteiger partial charge in [0.15, 0.2) is 0 Å². The highest BCUT2D eigenvalue weighted by atomic mass is 16.5. The van der Waals surface area contributed by atoms with Crippen LogP contribution >= 0.6 is 0 Å². The Morgan fingerprint density at radius 1 is 1.25 bits per heavy atom. The standard InChI is InChI=1S/C13H16N2O5/c1-15(8-11(16)14-13(19)20-2)7-9-3-5-10(6-4-9)12(17)18/h3-6H,7-8H2,1-2H3,(H,17,18)(H,14,16,19). The molecule has 2 N–H and O–H groups in total. The van der Waals surface area contributed by atoms with Gasteiger partial charge in [-0.3, -0.25) is 15.0 Å². The summed E-state index contributed by atoms with van der Waals surface area (Å²) in [4.78, 5) is 34.7. The van der Waals surface area contributed by atoms with E-state index in [-0.39, 0.29) is 12.1 Å². The fourth-order valence-electron chi connectivity index (χ4n) is 1.57. The number of amides is 2. The van der Waals surface area contributed by atoms with E-state index in [0.29, 0.717) is 6.54 Å². The third kappa shape index (κ3) is 5.07. The van der Waals surface area contributed by atoms with Gasteiger partial charge in [-0.25, -0.2) is 9.59 Å². The number of carboxylic acid groups (broad SMARTS) is 1. The maximum atomic E-state index is 11.4. The van der Waals surface area contributed by atoms with Crippen molar-refractivity contribution in [1.82, 2.24) is 10.2 Å². The van der Waals surface area contributed by atoms with Gasteiger partial charge in [0.25, 0.3) is 0 Å². The van der Waals surface area contributed by atoms with E-state index in [9.17, 15) is 14.4 Å². The fraction of sp³-hybridized carbons (Fsp3) is 0.308. The summed E-state index contributed by atoms with van der Waals surface area (Å²) < 4.78 is 4.31. The Morgan fingerprint density at radius 3 is 2.35 bits per heavy atom. The van der Waals surface area contributed by atoms with E-state index in [4.69, 9.17) is 5.11 Å². The van der Waals surface area contributed by atoms with Crippen LogP contribution in [0.1, 0.15) is 15.9 Å². The molecule has 0 aliphatic rings. The minimum absolute atomic E-state index is 0.0236. The van der Waals surface area contributed by atoms with Gasteiger partial charge >= 0.3 is 12.1 Å². The van der Waals surface area contributed by atoms with E-state index in [1.165, 1.54) is 19.2 Å². The molecular formula is C13H16N2O5. The van der Waals surface area contributed by atoms with Gasteiger partial charge in [-0.1, -0.05) is 12.1 Å². The molecule has 0 saturated carbocycles. The summed E-state index contributed by atoms with van der Waals surface area (Å²) in [6, 6.07) is 6.36. The van der Waals surface area contributed by atoms with Crippen LogP contribution in [0.5, 0.6) is 0 Å². The largest absolute Gasteiger partial charge is 0.478 e. The van der Waals surface area contributed by atoms with Crippen molar-refractivity contribution in [1.29, 1.82) is 0 Å². The predicted octanol–water partition coefficient (Wildman–Crippen LogP) is 0.699. The molecule has 1 aromatic rings. The first-order valence-electron chi connectivity index (χ1n) is 5.81. The number of nitrogens with one attached hydrogen (secondary N) is 1. The highest BCUT2D eigenvalue weighted by Crippen LogP contribution is 2.06. The summed E-state index contributed by atoms with van der Waals surface area (Å²) in [5, 5.41) is 10.8. The van der Waals surface area contributed by atoms with Crippen LogP contribution in [-0.2, 0) is 16.1 Å². The Labute approximate surface area is 116 Å². The van der Waals surface area contributed by atoms with Gasteiger partial charge in [0.05, 0.1) is 19.2 Å². The molecule has 1 rings (SSSR count). The average molecular weight is 280 g/mol. The van der Waals surface area contributed by atoms with Crippen molar-refractivity contribution in [2.75, 3.05) is 20.7 Å². The SMILES string of the molecule is COC(=O)NC(=O)CN(C)Cc1ccc(C(=O)O)cc1. The van der Waals surface area contributed by atoms with Crippen molar-refractivity contribution in [3.05, 3.63) is 35.4 Å². The van der Waals surface area contributed by atoms with Crippen molar-refractivity contribution in [3.8, 4) is 0 Å². The van der Waals surface area contributed by atoms with E-state index in [2.05, 4.69) is 10.1 Å². The lowest BCUT2D eigenvalue weighted by molar-refractivity contribution is -0.121. The lowest BCUT2D eigenvalue weighted by atomic mass is 10.1. The number of likely N-dealkylation sites (N-methyl/N-ethyl adjacent to an activating group) is 1. The number of hydrogen-bond acceptors (Lipinski definition) is 5. The lowest BCUT2D eigenvalue weighted by Crippen LogP contribution is -2.38. The number of ether oxygens (including phenoxy) is 1. The number of benzene rings is 1. The average Bonchev–Trinajstić information content (AvgIpc) is 2.38. The number of rotatable bonds is 5. The molecule has 0 saturated heterocycles. The summed E-state index contributed by atoms with van der Waals surface area (Å²) in [5.74, 6) is -1.45. The van der Waals surface area contributed by atoms with E-state index in [1.54, 1.807) is 24.1 Å². The molecule has 0 radical (unpaired) electrons. The third-order valence-electron chi connectivity index (χ3n) is 2.49. The van der Waals surface area contributed by atoms with Crippen LogP contribution in [0.25, 0.3) is 0 Å². The summed E-state index contributed by atoms with van der Waals surface area (Å²) in [6.45, 7) is 0.476. The monoisotopic (exact) mass is 280 g/mol. The molecule has 20 heavy (non-hydrogen) atoms. The van der Waals surface area contributed by atoms with Gasteiger partial charge in [0, 0.05) is 6.54 Å². The maximum absolute atomic E-state index is 11.4. The second-order valence-electron chi connectivity index (χ2n) is 4.21. The molecular weight excluding hydrogens is 264 g/mol. The zero-order chi connectivity index (χ0) is 15.1. The number of carboxylic acids is 1. The maximum Gasteiger partial charge on any atom is 0.413 e. The van der Waals surface area contributed by atoms with Crippen LogP contribution in [0.2, 0.25) is 0 Å². The number of imide groups is 1. The van der Waals surface area contributed by atoms with Crippen molar-refractivity contribution in [3.63, 3.8) is 0 Å². The molecule has 1 aromatic carbocycles. The Hall–Kier alpha value is -2.41. The Balaban J connectivity index is 2.49. The number of alkyl carbamates (subject to hydrolysis) is 1. The van der Waals surface area contributed by atoms with Crippen molar-refractivity contribution >= 4 is 18.0 Å². The summed E-state index contributed by atoms with van der Waals surface area (Å²) >= 11 is 0. The topological polar surface area (TPSA) is 95.9 Å². The van der Waals surface area contributed by atoms with E-state index >= 15 is 0 Å². The number of carbonyl (C=O) groups excluding carboxylic acids is 2. The quantitative estimate of drug-likeness (QED) is 0.824. The second-order valence-corrected chi connectivity index (χ2v) is 4.21. The minimum atomic E-state index is -0.984. The Morgan fingerprint density at radius 2 is 1.85 bits per heavy atom. The van der Waals surface area contributed by atoms with Crippen molar-refractivity contribution in [2.24, 2.45) is 0 Å². The van der Waals surface area contributed by atoms with Gasteiger partial charge in [0.1, 0.15) is 0 Å². The summed E-state index contributed by atoms with van der Waals surface area (Å²) in [6.07, 6.45) is -0.797. The van der Waals surface area contributed by atoms with Crippen LogP contribution in [-0.4, -0.2) is 48.7 Å².